The van der Waals surface area contributed by atoms with Gasteiger partial charge in [0.15, 0.2) is 0 Å². The molecule has 14 heavy (non-hydrogen) atoms. The number of nitrogens with two attached hydrogens (primary N) is 1. The van der Waals surface area contributed by atoms with Crippen molar-refractivity contribution >= 4 is 15.9 Å². The summed E-state index contributed by atoms with van der Waals surface area (Å²) in [6, 6.07) is 5.04. The molecule has 0 amide bonds. The van der Waals surface area contributed by atoms with Gasteiger partial charge in [-0.3, -0.25) is 0 Å². The maximum atomic E-state index is 12.6. The second-order valence-electron chi connectivity index (χ2n) is 3.55. The van der Waals surface area contributed by atoms with E-state index in [1.807, 2.05) is 6.92 Å². The zero-order valence-electron chi connectivity index (χ0n) is 8.02. The van der Waals surface area contributed by atoms with Gasteiger partial charge in [0.05, 0.1) is 5.54 Å². The summed E-state index contributed by atoms with van der Waals surface area (Å²) >= 11 is 3.29. The van der Waals surface area contributed by atoms with E-state index in [1.165, 1.54) is 6.92 Å². The number of hydrogen-bond donors (Lipinski definition) is 1. The molecule has 0 aliphatic heterocycles. The number of halogens is 3. The molecule has 0 aliphatic carbocycles. The topological polar surface area (TPSA) is 26.0 Å². The van der Waals surface area contributed by atoms with E-state index in [-0.39, 0.29) is 0 Å². The van der Waals surface area contributed by atoms with E-state index in [1.54, 1.807) is 18.2 Å². The quantitative estimate of drug-likeness (QED) is 0.872. The third-order valence-corrected chi connectivity index (χ3v) is 3.10. The van der Waals surface area contributed by atoms with E-state index in [9.17, 15) is 8.78 Å². The van der Waals surface area contributed by atoms with Crippen LogP contribution in [0.4, 0.5) is 8.78 Å². The lowest BCUT2D eigenvalue weighted by atomic mass is 9.93. The molecule has 1 aromatic rings. The average Bonchev–Trinajstić information content (AvgIpc) is 2.09. The Hall–Kier alpha value is -0.480. The summed E-state index contributed by atoms with van der Waals surface area (Å²) in [6.07, 6.45) is -2.57. The zero-order valence-corrected chi connectivity index (χ0v) is 9.61. The average molecular weight is 264 g/mol. The minimum Gasteiger partial charge on any atom is -0.317 e. The molecule has 1 rings (SSSR count). The predicted octanol–water partition coefficient (Wildman–Crippen LogP) is 3.20. The van der Waals surface area contributed by atoms with E-state index < -0.39 is 12.0 Å². The summed E-state index contributed by atoms with van der Waals surface area (Å²) in [5, 5.41) is 0. The second-order valence-corrected chi connectivity index (χ2v) is 4.40. The van der Waals surface area contributed by atoms with Crippen LogP contribution in [0, 0.1) is 6.92 Å². The minimum absolute atomic E-state index is 0.435. The van der Waals surface area contributed by atoms with Crippen LogP contribution in [0.5, 0.6) is 0 Å². The van der Waals surface area contributed by atoms with Crippen molar-refractivity contribution in [1.82, 2.24) is 0 Å². The number of benzene rings is 1. The zero-order chi connectivity index (χ0) is 10.9. The Morgan fingerprint density at radius 1 is 1.43 bits per heavy atom. The molecule has 0 aliphatic rings. The van der Waals surface area contributed by atoms with Crippen molar-refractivity contribution in [3.05, 3.63) is 33.8 Å². The van der Waals surface area contributed by atoms with Crippen LogP contribution in [0.1, 0.15) is 18.1 Å². The third kappa shape index (κ3) is 2.12. The second kappa shape index (κ2) is 3.95. The highest BCUT2D eigenvalue weighted by atomic mass is 79.9. The van der Waals surface area contributed by atoms with Gasteiger partial charge in [0, 0.05) is 4.47 Å². The molecule has 0 radical (unpaired) electrons. The minimum atomic E-state index is -2.57. The highest BCUT2D eigenvalue weighted by Gasteiger charge is 2.32. The van der Waals surface area contributed by atoms with Crippen molar-refractivity contribution in [3.63, 3.8) is 0 Å². The van der Waals surface area contributed by atoms with Gasteiger partial charge in [0.25, 0.3) is 6.43 Å². The molecule has 0 saturated heterocycles. The van der Waals surface area contributed by atoms with E-state index >= 15 is 0 Å². The highest BCUT2D eigenvalue weighted by Crippen LogP contribution is 2.28. The van der Waals surface area contributed by atoms with Crippen LogP contribution >= 0.6 is 15.9 Å². The van der Waals surface area contributed by atoms with Gasteiger partial charge in [-0.2, -0.15) is 0 Å². The Balaban J connectivity index is 3.14. The summed E-state index contributed by atoms with van der Waals surface area (Å²) in [4.78, 5) is 0. The van der Waals surface area contributed by atoms with Crippen LogP contribution in [0.15, 0.2) is 22.7 Å². The number of aryl methyl sites for hydroxylation is 1. The first-order valence-corrected chi connectivity index (χ1v) is 4.98. The molecule has 4 heteroatoms. The lowest BCUT2D eigenvalue weighted by molar-refractivity contribution is 0.0625. The fraction of sp³-hybridized carbons (Fsp3) is 0.400. The first-order valence-electron chi connectivity index (χ1n) is 4.19. The van der Waals surface area contributed by atoms with Crippen molar-refractivity contribution in [2.24, 2.45) is 5.73 Å². The highest BCUT2D eigenvalue weighted by molar-refractivity contribution is 9.10. The molecule has 0 saturated carbocycles. The van der Waals surface area contributed by atoms with E-state index in [0.29, 0.717) is 5.56 Å². The normalized spacial score (nSPS) is 15.6. The summed E-state index contributed by atoms with van der Waals surface area (Å²) in [5.74, 6) is 0. The van der Waals surface area contributed by atoms with Gasteiger partial charge in [0.2, 0.25) is 0 Å². The molecule has 1 unspecified atom stereocenters. The first kappa shape index (κ1) is 11.6. The molecule has 1 aromatic carbocycles. The smallest absolute Gasteiger partial charge is 0.260 e. The van der Waals surface area contributed by atoms with Gasteiger partial charge in [-0.15, -0.1) is 0 Å². The van der Waals surface area contributed by atoms with Gasteiger partial charge in [-0.25, -0.2) is 8.78 Å². The Bertz CT molecular complexity index is 337. The van der Waals surface area contributed by atoms with Crippen LogP contribution in [0.2, 0.25) is 0 Å². The summed E-state index contributed by atoms with van der Waals surface area (Å²) < 4.78 is 26.0. The van der Waals surface area contributed by atoms with Crippen LogP contribution in [0.25, 0.3) is 0 Å². The maximum absolute atomic E-state index is 12.6. The first-order chi connectivity index (χ1) is 6.35. The van der Waals surface area contributed by atoms with Crippen molar-refractivity contribution in [2.75, 3.05) is 0 Å². The molecular formula is C10H12BrF2N. The molecule has 78 valence electrons. The van der Waals surface area contributed by atoms with Crippen molar-refractivity contribution < 1.29 is 8.78 Å². The van der Waals surface area contributed by atoms with Gasteiger partial charge < -0.3 is 5.73 Å². The fourth-order valence-electron chi connectivity index (χ4n) is 1.05. The summed E-state index contributed by atoms with van der Waals surface area (Å²) in [6.45, 7) is 3.22. The van der Waals surface area contributed by atoms with Gasteiger partial charge in [0.1, 0.15) is 0 Å². The molecule has 0 heterocycles. The lowest BCUT2D eigenvalue weighted by Gasteiger charge is -2.24. The van der Waals surface area contributed by atoms with Gasteiger partial charge >= 0.3 is 0 Å². The van der Waals surface area contributed by atoms with Crippen LogP contribution in [0.3, 0.4) is 0 Å². The van der Waals surface area contributed by atoms with Gasteiger partial charge in [-0.1, -0.05) is 28.1 Å². The molecule has 0 spiro atoms. The van der Waals surface area contributed by atoms with E-state index in [0.717, 1.165) is 10.0 Å². The Morgan fingerprint density at radius 2 is 2.00 bits per heavy atom. The van der Waals surface area contributed by atoms with Crippen molar-refractivity contribution in [2.45, 2.75) is 25.8 Å². The van der Waals surface area contributed by atoms with E-state index in [4.69, 9.17) is 5.73 Å². The number of rotatable bonds is 2. The molecule has 1 nitrogen and oxygen atoms in total. The molecule has 0 bridgehead atoms. The van der Waals surface area contributed by atoms with Crippen LogP contribution in [-0.2, 0) is 5.54 Å². The van der Waals surface area contributed by atoms with Gasteiger partial charge in [-0.05, 0) is 31.0 Å². The molecule has 1 atom stereocenters. The fourth-order valence-corrected chi connectivity index (χ4v) is 1.43. The predicted molar refractivity (Wildman–Crippen MR) is 56.4 cm³/mol. The van der Waals surface area contributed by atoms with E-state index in [2.05, 4.69) is 15.9 Å². The third-order valence-electron chi connectivity index (χ3n) is 2.25. The van der Waals surface area contributed by atoms with Crippen LogP contribution in [-0.4, -0.2) is 6.43 Å². The number of hydrogen-bond acceptors (Lipinski definition) is 1. The Labute approximate surface area is 90.4 Å². The largest absolute Gasteiger partial charge is 0.317 e. The van der Waals surface area contributed by atoms with Crippen molar-refractivity contribution in [3.8, 4) is 0 Å². The Morgan fingerprint density at radius 3 is 2.43 bits per heavy atom. The molecule has 0 aromatic heterocycles. The molecular weight excluding hydrogens is 252 g/mol. The SMILES string of the molecule is Cc1ccc(C(C)(N)C(F)F)cc1Br. The van der Waals surface area contributed by atoms with Crippen LogP contribution < -0.4 is 5.73 Å². The molecule has 2 N–H and O–H groups in total. The number of alkyl halides is 2. The summed E-state index contributed by atoms with van der Waals surface area (Å²) in [7, 11) is 0. The standard InChI is InChI=1S/C10H12BrF2N/c1-6-3-4-7(5-8(6)11)10(2,14)9(12)13/h3-5,9H,14H2,1-2H3. The lowest BCUT2D eigenvalue weighted by Crippen LogP contribution is -2.40. The maximum Gasteiger partial charge on any atom is 0.260 e. The summed E-state index contributed by atoms with van der Waals surface area (Å²) in [5.41, 5.74) is 5.38. The monoisotopic (exact) mass is 263 g/mol. The van der Waals surface area contributed by atoms with Crippen molar-refractivity contribution in [1.29, 1.82) is 0 Å². The Kier molecular flexibility index (Phi) is 3.27. The molecule has 0 fully saturated rings.